The van der Waals surface area contributed by atoms with Crippen molar-refractivity contribution in [2.24, 2.45) is 0 Å². The van der Waals surface area contributed by atoms with Crippen LogP contribution in [0.1, 0.15) is 38.1 Å². The van der Waals surface area contributed by atoms with Gasteiger partial charge in [0.15, 0.2) is 0 Å². The molecule has 1 amide bonds. The second-order valence-electron chi connectivity index (χ2n) is 7.36. The molecule has 2 unspecified atom stereocenters. The summed E-state index contributed by atoms with van der Waals surface area (Å²) in [7, 11) is 0. The Hall–Kier alpha value is -2.67. The lowest BCUT2D eigenvalue weighted by Gasteiger charge is -2.37. The van der Waals surface area contributed by atoms with E-state index < -0.39 is 0 Å². The lowest BCUT2D eigenvalue weighted by Crippen LogP contribution is -2.45. The van der Waals surface area contributed by atoms with Crippen LogP contribution < -0.4 is 15.1 Å². The van der Waals surface area contributed by atoms with Gasteiger partial charge in [0.2, 0.25) is 0 Å². The van der Waals surface area contributed by atoms with Crippen LogP contribution in [0.2, 0.25) is 0 Å². The van der Waals surface area contributed by atoms with Crippen LogP contribution in [0.3, 0.4) is 0 Å². The Kier molecular flexibility index (Phi) is 6.69. The molecule has 0 saturated carbocycles. The summed E-state index contributed by atoms with van der Waals surface area (Å²) in [6, 6.07) is 8.34. The van der Waals surface area contributed by atoms with Crippen LogP contribution in [0.4, 0.5) is 21.6 Å². The summed E-state index contributed by atoms with van der Waals surface area (Å²) in [6.07, 6.45) is 1.64. The Morgan fingerprint density at radius 1 is 1.21 bits per heavy atom. The normalized spacial score (nSPS) is 19.1. The van der Waals surface area contributed by atoms with E-state index in [1.165, 1.54) is 6.07 Å². The molecule has 1 fully saturated rings. The lowest BCUT2D eigenvalue weighted by atomic mass is 10.1. The maximum absolute atomic E-state index is 14.7. The summed E-state index contributed by atoms with van der Waals surface area (Å²) in [5, 5.41) is 2.75. The highest BCUT2D eigenvalue weighted by Gasteiger charge is 2.24. The minimum Gasteiger partial charge on any atom is -0.372 e. The van der Waals surface area contributed by atoms with Crippen molar-refractivity contribution in [3.05, 3.63) is 47.9 Å². The van der Waals surface area contributed by atoms with Crippen LogP contribution in [-0.4, -0.2) is 49.3 Å². The third-order valence-corrected chi connectivity index (χ3v) is 5.06. The fourth-order valence-electron chi connectivity index (χ4n) is 3.67. The predicted octanol–water partition coefficient (Wildman–Crippen LogP) is 3.93. The average molecular weight is 400 g/mol. The fraction of sp³-hybridized carbons (Fsp3) is 0.455. The van der Waals surface area contributed by atoms with Gasteiger partial charge in [-0.2, -0.15) is 0 Å². The number of halogens is 1. The van der Waals surface area contributed by atoms with Crippen molar-refractivity contribution in [1.82, 2.24) is 4.98 Å². The minimum atomic E-state index is -0.362. The maximum atomic E-state index is 14.7. The highest BCUT2D eigenvalue weighted by Crippen LogP contribution is 2.26. The molecule has 29 heavy (non-hydrogen) atoms. The molecule has 0 radical (unpaired) electrons. The second kappa shape index (κ2) is 9.22. The molecule has 1 aliphatic rings. The number of morpholine rings is 1. The zero-order valence-electron chi connectivity index (χ0n) is 17.5. The number of anilines is 3. The van der Waals surface area contributed by atoms with Crippen molar-refractivity contribution in [1.29, 1.82) is 0 Å². The first kappa shape index (κ1) is 21.0. The smallest absolute Gasteiger partial charge is 0.257 e. The number of hydrogen-bond acceptors (Lipinski definition) is 5. The molecular formula is C22H29FN4O2. The summed E-state index contributed by atoms with van der Waals surface area (Å²) >= 11 is 0. The van der Waals surface area contributed by atoms with Crippen LogP contribution in [0, 0.1) is 5.82 Å². The van der Waals surface area contributed by atoms with Crippen LogP contribution in [0.5, 0.6) is 0 Å². The number of nitrogens with zero attached hydrogens (tertiary/aromatic N) is 3. The molecule has 1 N–H and O–H groups in total. The fourth-order valence-corrected chi connectivity index (χ4v) is 3.67. The van der Waals surface area contributed by atoms with Crippen LogP contribution in [-0.2, 0) is 4.74 Å². The molecule has 1 aliphatic heterocycles. The first-order valence-electron chi connectivity index (χ1n) is 10.1. The monoisotopic (exact) mass is 400 g/mol. The highest BCUT2D eigenvalue weighted by molar-refractivity contribution is 6.04. The van der Waals surface area contributed by atoms with E-state index >= 15 is 0 Å². The average Bonchev–Trinajstić information content (AvgIpc) is 2.68. The molecule has 2 aromatic rings. The van der Waals surface area contributed by atoms with Crippen molar-refractivity contribution in [3.63, 3.8) is 0 Å². The molecule has 156 valence electrons. The topological polar surface area (TPSA) is 57.7 Å². The maximum Gasteiger partial charge on any atom is 0.257 e. The summed E-state index contributed by atoms with van der Waals surface area (Å²) in [5.74, 6) is 0.152. The number of pyridine rings is 1. The molecule has 0 spiro atoms. The molecule has 0 aliphatic carbocycles. The van der Waals surface area contributed by atoms with E-state index in [1.54, 1.807) is 24.4 Å². The molecule has 1 aromatic heterocycles. The molecule has 2 atom stereocenters. The van der Waals surface area contributed by atoms with E-state index in [0.717, 1.165) is 18.9 Å². The number of carbonyl (C=O) groups excluding carboxylic acids is 1. The van der Waals surface area contributed by atoms with E-state index in [9.17, 15) is 9.18 Å². The number of benzene rings is 1. The van der Waals surface area contributed by atoms with E-state index in [-0.39, 0.29) is 23.9 Å². The number of hydrogen-bond donors (Lipinski definition) is 1. The van der Waals surface area contributed by atoms with Gasteiger partial charge in [-0.15, -0.1) is 0 Å². The molecule has 2 heterocycles. The number of ether oxygens (including phenoxy) is 1. The second-order valence-corrected chi connectivity index (χ2v) is 7.36. The van der Waals surface area contributed by atoms with Gasteiger partial charge in [0.05, 0.1) is 23.5 Å². The number of amides is 1. The Labute approximate surface area is 171 Å². The van der Waals surface area contributed by atoms with E-state index in [0.29, 0.717) is 30.0 Å². The number of aromatic nitrogens is 1. The molecule has 1 saturated heterocycles. The SMILES string of the molecule is CCN(CC)c1ccc(C(=O)Nc2ccc(N3CC(C)OC(C)C3)c(F)c2)cn1. The highest BCUT2D eigenvalue weighted by atomic mass is 19.1. The molecule has 7 heteroatoms. The minimum absolute atomic E-state index is 0.0457. The van der Waals surface area contributed by atoms with Gasteiger partial charge in [-0.05, 0) is 58.0 Å². The van der Waals surface area contributed by atoms with Crippen LogP contribution in [0.25, 0.3) is 0 Å². The standard InChI is InChI=1S/C22H29FN4O2/c1-5-26(6-2)21-10-7-17(12-24-21)22(28)25-18-8-9-20(19(23)11-18)27-13-15(3)29-16(4)14-27/h7-12,15-16H,5-6,13-14H2,1-4H3,(H,25,28). The van der Waals surface area contributed by atoms with Gasteiger partial charge in [0.1, 0.15) is 11.6 Å². The van der Waals surface area contributed by atoms with E-state index in [4.69, 9.17) is 4.74 Å². The largest absolute Gasteiger partial charge is 0.372 e. The van der Waals surface area contributed by atoms with E-state index in [2.05, 4.69) is 29.0 Å². The molecule has 0 bridgehead atoms. The van der Waals surface area contributed by atoms with Crippen molar-refractivity contribution >= 4 is 23.1 Å². The van der Waals surface area contributed by atoms with Crippen LogP contribution in [0.15, 0.2) is 36.5 Å². The Morgan fingerprint density at radius 2 is 1.90 bits per heavy atom. The van der Waals surface area contributed by atoms with E-state index in [1.807, 2.05) is 24.8 Å². The summed E-state index contributed by atoms with van der Waals surface area (Å²) < 4.78 is 20.4. The number of nitrogens with one attached hydrogen (secondary N) is 1. The molecule has 3 rings (SSSR count). The number of rotatable bonds is 6. The Balaban J connectivity index is 1.69. The van der Waals surface area contributed by atoms with Gasteiger partial charge in [0, 0.05) is 38.1 Å². The zero-order valence-corrected chi connectivity index (χ0v) is 17.5. The predicted molar refractivity (Wildman–Crippen MR) is 114 cm³/mol. The van der Waals surface area contributed by atoms with Gasteiger partial charge >= 0.3 is 0 Å². The first-order valence-corrected chi connectivity index (χ1v) is 10.1. The van der Waals surface area contributed by atoms with Crippen molar-refractivity contribution in [2.75, 3.05) is 41.3 Å². The molecule has 1 aromatic carbocycles. The first-order chi connectivity index (χ1) is 13.9. The van der Waals surface area contributed by atoms with Gasteiger partial charge in [0.25, 0.3) is 5.91 Å². The van der Waals surface area contributed by atoms with Crippen molar-refractivity contribution in [2.45, 2.75) is 39.9 Å². The van der Waals surface area contributed by atoms with Gasteiger partial charge < -0.3 is 19.9 Å². The quantitative estimate of drug-likeness (QED) is 0.796. The molecular weight excluding hydrogens is 371 g/mol. The lowest BCUT2D eigenvalue weighted by molar-refractivity contribution is -0.00539. The van der Waals surface area contributed by atoms with Crippen molar-refractivity contribution < 1.29 is 13.9 Å². The van der Waals surface area contributed by atoms with Gasteiger partial charge in [-0.25, -0.2) is 9.37 Å². The summed E-state index contributed by atoms with van der Waals surface area (Å²) in [6.45, 7) is 11.0. The van der Waals surface area contributed by atoms with Gasteiger partial charge in [-0.1, -0.05) is 0 Å². The summed E-state index contributed by atoms with van der Waals surface area (Å²) in [5.41, 5.74) is 1.37. The third-order valence-electron chi connectivity index (χ3n) is 5.06. The van der Waals surface area contributed by atoms with Crippen molar-refractivity contribution in [3.8, 4) is 0 Å². The number of carbonyl (C=O) groups is 1. The Bertz CT molecular complexity index is 829. The third kappa shape index (κ3) is 5.03. The zero-order chi connectivity index (χ0) is 21.0. The van der Waals surface area contributed by atoms with Crippen LogP contribution >= 0.6 is 0 Å². The van der Waals surface area contributed by atoms with Gasteiger partial charge in [-0.3, -0.25) is 4.79 Å². The molecule has 6 nitrogen and oxygen atoms in total. The Morgan fingerprint density at radius 3 is 2.45 bits per heavy atom. The summed E-state index contributed by atoms with van der Waals surface area (Å²) in [4.78, 5) is 20.9.